The Labute approximate surface area is 109 Å². The summed E-state index contributed by atoms with van der Waals surface area (Å²) in [4.78, 5) is 4.23. The van der Waals surface area contributed by atoms with Crippen LogP contribution < -0.4 is 10.6 Å². The molecule has 2 N–H and O–H groups in total. The van der Waals surface area contributed by atoms with E-state index in [1.165, 1.54) is 12.8 Å². The van der Waals surface area contributed by atoms with Crippen LogP contribution in [0.15, 0.2) is 16.7 Å². The molecule has 0 spiro atoms. The minimum atomic E-state index is 0.648. The summed E-state index contributed by atoms with van der Waals surface area (Å²) in [6.45, 7) is 2.10. The second-order valence-electron chi connectivity index (χ2n) is 3.99. The molecule has 1 atom stereocenters. The molecule has 16 heavy (non-hydrogen) atoms. The summed E-state index contributed by atoms with van der Waals surface area (Å²) in [5.74, 6) is 0.863. The first-order chi connectivity index (χ1) is 7.75. The van der Waals surface area contributed by atoms with Crippen molar-refractivity contribution in [3.05, 3.63) is 21.8 Å². The van der Waals surface area contributed by atoms with Gasteiger partial charge in [0.25, 0.3) is 0 Å². The summed E-state index contributed by atoms with van der Waals surface area (Å²) in [5.41, 5.74) is 0. The highest BCUT2D eigenvalue weighted by molar-refractivity contribution is 9.10. The largest absolute Gasteiger partial charge is 0.369 e. The maximum absolute atomic E-state index is 5.82. The van der Waals surface area contributed by atoms with E-state index < -0.39 is 0 Å². The molecule has 2 heterocycles. The molecule has 0 amide bonds. The maximum Gasteiger partial charge on any atom is 0.140 e. The van der Waals surface area contributed by atoms with E-state index in [0.29, 0.717) is 11.1 Å². The van der Waals surface area contributed by atoms with E-state index in [2.05, 4.69) is 31.5 Å². The highest BCUT2D eigenvalue weighted by atomic mass is 79.9. The van der Waals surface area contributed by atoms with Crippen molar-refractivity contribution in [1.29, 1.82) is 0 Å². The fraction of sp³-hybridized carbons (Fsp3) is 0.545. The number of aromatic nitrogens is 1. The zero-order valence-corrected chi connectivity index (χ0v) is 11.3. The van der Waals surface area contributed by atoms with Crippen LogP contribution in [0.1, 0.15) is 19.3 Å². The molecule has 0 aromatic carbocycles. The Bertz CT molecular complexity index is 353. The average molecular weight is 305 g/mol. The van der Waals surface area contributed by atoms with Crippen LogP contribution >= 0.6 is 27.5 Å². The van der Waals surface area contributed by atoms with Gasteiger partial charge in [-0.15, -0.1) is 0 Å². The lowest BCUT2D eigenvalue weighted by atomic mass is 10.1. The van der Waals surface area contributed by atoms with Gasteiger partial charge in [-0.2, -0.15) is 0 Å². The van der Waals surface area contributed by atoms with Crippen molar-refractivity contribution in [3.63, 3.8) is 0 Å². The van der Waals surface area contributed by atoms with Crippen molar-refractivity contribution in [2.45, 2.75) is 25.3 Å². The summed E-state index contributed by atoms with van der Waals surface area (Å²) in [7, 11) is 0. The standard InChI is InChI=1S/C11H15BrClN3/c12-10-6-8(13)7-16-11(10)15-5-3-9-2-1-4-14-9/h6-7,9,14H,1-5H2,(H,15,16). The molecule has 1 aromatic heterocycles. The average Bonchev–Trinajstić information content (AvgIpc) is 2.74. The highest BCUT2D eigenvalue weighted by Crippen LogP contribution is 2.23. The van der Waals surface area contributed by atoms with E-state index in [1.54, 1.807) is 6.20 Å². The van der Waals surface area contributed by atoms with Crippen LogP contribution in [0.5, 0.6) is 0 Å². The second-order valence-corrected chi connectivity index (χ2v) is 5.28. The quantitative estimate of drug-likeness (QED) is 0.898. The van der Waals surface area contributed by atoms with Gasteiger partial charge in [0.15, 0.2) is 0 Å². The Hall–Kier alpha value is -0.320. The van der Waals surface area contributed by atoms with Crippen molar-refractivity contribution < 1.29 is 0 Å². The van der Waals surface area contributed by atoms with Crippen molar-refractivity contribution in [1.82, 2.24) is 10.3 Å². The first-order valence-corrected chi connectivity index (χ1v) is 6.71. The van der Waals surface area contributed by atoms with Gasteiger partial charge in [0.2, 0.25) is 0 Å². The van der Waals surface area contributed by atoms with Crippen LogP contribution in [-0.2, 0) is 0 Å². The number of anilines is 1. The lowest BCUT2D eigenvalue weighted by Crippen LogP contribution is -2.24. The third kappa shape index (κ3) is 3.34. The predicted octanol–water partition coefficient (Wildman–Crippen LogP) is 3.05. The van der Waals surface area contributed by atoms with E-state index in [4.69, 9.17) is 11.6 Å². The molecule has 1 saturated heterocycles. The Balaban J connectivity index is 1.80. The first-order valence-electron chi connectivity index (χ1n) is 5.54. The van der Waals surface area contributed by atoms with E-state index in [0.717, 1.165) is 29.8 Å². The predicted molar refractivity (Wildman–Crippen MR) is 71.1 cm³/mol. The molecule has 0 aliphatic carbocycles. The molecular formula is C11H15BrClN3. The van der Waals surface area contributed by atoms with E-state index in [1.807, 2.05) is 6.07 Å². The van der Waals surface area contributed by atoms with Crippen LogP contribution in [0.3, 0.4) is 0 Å². The minimum absolute atomic E-state index is 0.648. The zero-order valence-electron chi connectivity index (χ0n) is 8.97. The molecule has 3 nitrogen and oxygen atoms in total. The number of nitrogens with one attached hydrogen (secondary N) is 2. The molecule has 1 aliphatic heterocycles. The van der Waals surface area contributed by atoms with Gasteiger partial charge in [-0.25, -0.2) is 4.98 Å². The molecular weight excluding hydrogens is 289 g/mol. The molecule has 1 aliphatic rings. The normalized spacial score (nSPS) is 20.0. The smallest absolute Gasteiger partial charge is 0.140 e. The summed E-state index contributed by atoms with van der Waals surface area (Å²) < 4.78 is 0.916. The zero-order chi connectivity index (χ0) is 11.4. The van der Waals surface area contributed by atoms with Crippen molar-refractivity contribution in [2.24, 2.45) is 0 Å². The van der Waals surface area contributed by atoms with Gasteiger partial charge in [0.1, 0.15) is 5.82 Å². The minimum Gasteiger partial charge on any atom is -0.369 e. The van der Waals surface area contributed by atoms with Gasteiger partial charge >= 0.3 is 0 Å². The lowest BCUT2D eigenvalue weighted by Gasteiger charge is -2.11. The van der Waals surface area contributed by atoms with Gasteiger partial charge in [0, 0.05) is 18.8 Å². The molecule has 88 valence electrons. The summed E-state index contributed by atoms with van der Waals surface area (Å²) in [6, 6.07) is 2.52. The van der Waals surface area contributed by atoms with Crippen molar-refractivity contribution in [3.8, 4) is 0 Å². The first kappa shape index (κ1) is 12.1. The number of hydrogen-bond acceptors (Lipinski definition) is 3. The fourth-order valence-electron chi connectivity index (χ4n) is 1.91. The molecule has 5 heteroatoms. The van der Waals surface area contributed by atoms with Crippen LogP contribution in [0.25, 0.3) is 0 Å². The molecule has 1 aromatic rings. The number of pyridine rings is 1. The van der Waals surface area contributed by atoms with Crippen molar-refractivity contribution >= 4 is 33.3 Å². The molecule has 2 rings (SSSR count). The van der Waals surface area contributed by atoms with Gasteiger partial charge in [-0.3, -0.25) is 0 Å². The maximum atomic E-state index is 5.82. The van der Waals surface area contributed by atoms with E-state index in [9.17, 15) is 0 Å². The number of hydrogen-bond donors (Lipinski definition) is 2. The molecule has 1 unspecified atom stereocenters. The molecule has 0 radical (unpaired) electrons. The third-order valence-electron chi connectivity index (χ3n) is 2.76. The van der Waals surface area contributed by atoms with Crippen molar-refractivity contribution in [2.75, 3.05) is 18.4 Å². The Morgan fingerprint density at radius 2 is 2.50 bits per heavy atom. The lowest BCUT2D eigenvalue weighted by molar-refractivity contribution is 0.574. The SMILES string of the molecule is Clc1cnc(NCCC2CCCN2)c(Br)c1. The molecule has 0 bridgehead atoms. The van der Waals surface area contributed by atoms with Gasteiger partial charge < -0.3 is 10.6 Å². The topological polar surface area (TPSA) is 37.0 Å². The summed E-state index contributed by atoms with van der Waals surface area (Å²) in [6.07, 6.45) is 5.38. The summed E-state index contributed by atoms with van der Waals surface area (Å²) in [5, 5.41) is 7.43. The number of rotatable bonds is 4. The second kappa shape index (κ2) is 5.84. The monoisotopic (exact) mass is 303 g/mol. The van der Waals surface area contributed by atoms with Gasteiger partial charge in [-0.1, -0.05) is 11.6 Å². The van der Waals surface area contributed by atoms with Gasteiger partial charge in [0.05, 0.1) is 9.50 Å². The van der Waals surface area contributed by atoms with Crippen LogP contribution in [-0.4, -0.2) is 24.1 Å². The molecule has 1 fully saturated rings. The number of nitrogens with zero attached hydrogens (tertiary/aromatic N) is 1. The van der Waals surface area contributed by atoms with Gasteiger partial charge in [-0.05, 0) is 47.8 Å². The van der Waals surface area contributed by atoms with E-state index >= 15 is 0 Å². The van der Waals surface area contributed by atoms with Crippen LogP contribution in [0.2, 0.25) is 5.02 Å². The van der Waals surface area contributed by atoms with Crippen LogP contribution in [0.4, 0.5) is 5.82 Å². The fourth-order valence-corrected chi connectivity index (χ4v) is 2.69. The Kier molecular flexibility index (Phi) is 4.44. The Morgan fingerprint density at radius 1 is 1.62 bits per heavy atom. The Morgan fingerprint density at radius 3 is 3.19 bits per heavy atom. The third-order valence-corrected chi connectivity index (χ3v) is 3.57. The van der Waals surface area contributed by atoms with Crippen LogP contribution in [0, 0.1) is 0 Å². The molecule has 0 saturated carbocycles. The highest BCUT2D eigenvalue weighted by Gasteiger charge is 2.13. The number of halogens is 2. The summed E-state index contributed by atoms with van der Waals surface area (Å²) >= 11 is 9.26. The van der Waals surface area contributed by atoms with E-state index in [-0.39, 0.29) is 0 Å².